The van der Waals surface area contributed by atoms with Gasteiger partial charge in [0.2, 0.25) is 0 Å². The Bertz CT molecular complexity index is 1580. The Balaban J connectivity index is 1.30. The van der Waals surface area contributed by atoms with Gasteiger partial charge in [0, 0.05) is 35.9 Å². The van der Waals surface area contributed by atoms with Crippen molar-refractivity contribution in [2.24, 2.45) is 9.98 Å². The van der Waals surface area contributed by atoms with Crippen LogP contribution in [0.4, 0.5) is 5.69 Å². The molecule has 3 heterocycles. The van der Waals surface area contributed by atoms with E-state index in [9.17, 15) is 0 Å². The van der Waals surface area contributed by atoms with Gasteiger partial charge in [-0.1, -0.05) is 30.8 Å². The van der Waals surface area contributed by atoms with E-state index in [1.54, 1.807) is 6.21 Å². The van der Waals surface area contributed by atoms with Gasteiger partial charge in [0.15, 0.2) is 0 Å². The van der Waals surface area contributed by atoms with Crippen molar-refractivity contribution < 1.29 is 0 Å². The highest BCUT2D eigenvalue weighted by molar-refractivity contribution is 5.85. The Morgan fingerprint density at radius 2 is 2.06 bits per heavy atom. The topological polar surface area (TPSA) is 90.1 Å². The fourth-order valence-electron chi connectivity index (χ4n) is 4.43. The van der Waals surface area contributed by atoms with Gasteiger partial charge >= 0.3 is 0 Å². The number of pyridine rings is 1. The predicted molar refractivity (Wildman–Crippen MR) is 146 cm³/mol. The van der Waals surface area contributed by atoms with E-state index in [4.69, 9.17) is 15.2 Å². The second kappa shape index (κ2) is 9.93. The summed E-state index contributed by atoms with van der Waals surface area (Å²) >= 11 is 0. The lowest BCUT2D eigenvalue weighted by Gasteiger charge is -2.21. The van der Waals surface area contributed by atoms with Crippen LogP contribution in [-0.4, -0.2) is 27.6 Å². The van der Waals surface area contributed by atoms with Crippen LogP contribution in [0.5, 0.6) is 0 Å². The maximum Gasteiger partial charge on any atom is 0.0991 e. The molecule has 0 spiro atoms. The molecule has 1 atom stereocenters. The first kappa shape index (κ1) is 23.1. The SMILES string of the molecule is C=C(Cc1ccc(C#N)cc1)N=C/C=C(\C)c1cc2c(c(C)n1)N=CC(c1ccc3cn[nH]c3c1)C2. The number of aliphatic imine (C=N–C) groups is 2. The lowest BCUT2D eigenvalue weighted by atomic mass is 9.89. The van der Waals surface area contributed by atoms with Gasteiger partial charge in [-0.25, -0.2) is 0 Å². The molecule has 0 bridgehead atoms. The average molecular weight is 471 g/mol. The van der Waals surface area contributed by atoms with Crippen LogP contribution >= 0.6 is 0 Å². The zero-order chi connectivity index (χ0) is 25.1. The quantitative estimate of drug-likeness (QED) is 0.330. The molecule has 5 rings (SSSR count). The standard InChI is InChI=1S/C30H26N6/c1-19(10-11-32-20(2)12-22-4-6-23(16-31)7-5-22)28-15-26-13-27(17-33-30(26)21(3)35-28)24-8-9-25-18-34-36-29(25)14-24/h4-11,14-15,17-18,27H,2,12-13H2,1,3H3,(H,34,36)/b19-10+,32-11?. The van der Waals surface area contributed by atoms with Crippen LogP contribution in [0.2, 0.25) is 0 Å². The molecular formula is C30H26N6. The Morgan fingerprint density at radius 1 is 1.22 bits per heavy atom. The summed E-state index contributed by atoms with van der Waals surface area (Å²) < 4.78 is 0. The lowest BCUT2D eigenvalue weighted by Crippen LogP contribution is -2.10. The van der Waals surface area contributed by atoms with Crippen molar-refractivity contribution in [3.05, 3.63) is 107 Å². The van der Waals surface area contributed by atoms with Crippen LogP contribution in [0.15, 0.2) is 83.1 Å². The zero-order valence-electron chi connectivity index (χ0n) is 20.4. The van der Waals surface area contributed by atoms with Crippen LogP contribution in [0.25, 0.3) is 16.5 Å². The molecule has 36 heavy (non-hydrogen) atoms. The number of benzene rings is 2. The van der Waals surface area contributed by atoms with E-state index in [0.717, 1.165) is 51.2 Å². The third-order valence-electron chi connectivity index (χ3n) is 6.44. The Hall–Kier alpha value is -4.63. The summed E-state index contributed by atoms with van der Waals surface area (Å²) in [7, 11) is 0. The second-order valence-electron chi connectivity index (χ2n) is 9.09. The Morgan fingerprint density at radius 3 is 2.86 bits per heavy atom. The van der Waals surface area contributed by atoms with Crippen molar-refractivity contribution >= 4 is 34.6 Å². The van der Waals surface area contributed by atoms with E-state index in [1.807, 2.05) is 56.6 Å². The number of aromatic nitrogens is 3. The summed E-state index contributed by atoms with van der Waals surface area (Å²) in [6.45, 7) is 8.11. The summed E-state index contributed by atoms with van der Waals surface area (Å²) in [6.07, 6.45) is 9.12. The monoisotopic (exact) mass is 470 g/mol. The first-order valence-corrected chi connectivity index (χ1v) is 11.9. The molecule has 0 radical (unpaired) electrons. The fraction of sp³-hybridized carbons (Fsp3) is 0.167. The third-order valence-corrected chi connectivity index (χ3v) is 6.44. The number of aromatic amines is 1. The van der Waals surface area contributed by atoms with Crippen molar-refractivity contribution in [1.82, 2.24) is 15.2 Å². The second-order valence-corrected chi connectivity index (χ2v) is 9.09. The van der Waals surface area contributed by atoms with E-state index in [0.29, 0.717) is 12.0 Å². The van der Waals surface area contributed by atoms with Crippen LogP contribution in [0.1, 0.15) is 46.5 Å². The van der Waals surface area contributed by atoms with Gasteiger partial charge < -0.3 is 0 Å². The number of rotatable bonds is 6. The molecule has 0 saturated carbocycles. The van der Waals surface area contributed by atoms with Crippen molar-refractivity contribution in [1.29, 1.82) is 5.26 Å². The molecule has 1 N–H and O–H groups in total. The van der Waals surface area contributed by atoms with Crippen LogP contribution in [0, 0.1) is 18.3 Å². The van der Waals surface area contributed by atoms with Crippen LogP contribution < -0.4 is 0 Å². The number of nitrogens with one attached hydrogen (secondary N) is 1. The summed E-state index contributed by atoms with van der Waals surface area (Å²) in [5, 5.41) is 17.2. The van der Waals surface area contributed by atoms with Gasteiger partial charge in [-0.15, -0.1) is 0 Å². The van der Waals surface area contributed by atoms with Crippen LogP contribution in [0.3, 0.4) is 0 Å². The highest BCUT2D eigenvalue weighted by Gasteiger charge is 2.20. The molecule has 0 fully saturated rings. The average Bonchev–Trinajstić information content (AvgIpc) is 3.37. The molecule has 0 amide bonds. The minimum atomic E-state index is 0.205. The molecule has 6 heteroatoms. The molecule has 176 valence electrons. The normalized spacial score (nSPS) is 15.2. The van der Waals surface area contributed by atoms with Crippen molar-refractivity contribution in [2.75, 3.05) is 0 Å². The van der Waals surface area contributed by atoms with Gasteiger partial charge in [-0.3, -0.25) is 20.1 Å². The number of H-pyrrole nitrogens is 1. The minimum Gasteiger partial charge on any atom is -0.278 e. The summed E-state index contributed by atoms with van der Waals surface area (Å²) in [5.74, 6) is 0.205. The molecule has 0 saturated heterocycles. The highest BCUT2D eigenvalue weighted by Crippen LogP contribution is 2.35. The van der Waals surface area contributed by atoms with E-state index < -0.39 is 0 Å². The predicted octanol–water partition coefficient (Wildman–Crippen LogP) is 6.41. The number of nitriles is 1. The number of aryl methyl sites for hydroxylation is 1. The molecule has 1 aliphatic heterocycles. The van der Waals surface area contributed by atoms with Gasteiger partial charge in [0.05, 0.1) is 40.4 Å². The number of hydrogen-bond donors (Lipinski definition) is 1. The number of allylic oxidation sites excluding steroid dienone is 3. The maximum atomic E-state index is 8.93. The Labute approximate surface area is 210 Å². The summed E-state index contributed by atoms with van der Waals surface area (Å²) in [5.41, 5.74) is 9.78. The van der Waals surface area contributed by atoms with E-state index in [2.05, 4.69) is 52.1 Å². The molecular weight excluding hydrogens is 444 g/mol. The highest BCUT2D eigenvalue weighted by atomic mass is 15.1. The van der Waals surface area contributed by atoms with E-state index in [1.165, 1.54) is 11.1 Å². The largest absolute Gasteiger partial charge is 0.278 e. The van der Waals surface area contributed by atoms with Crippen molar-refractivity contribution in [2.45, 2.75) is 32.6 Å². The van der Waals surface area contributed by atoms with E-state index in [-0.39, 0.29) is 5.92 Å². The number of fused-ring (bicyclic) bond motifs is 2. The molecule has 0 aliphatic carbocycles. The molecule has 1 aliphatic rings. The molecule has 1 unspecified atom stereocenters. The summed E-state index contributed by atoms with van der Waals surface area (Å²) in [6, 6.07) is 18.2. The van der Waals surface area contributed by atoms with Gasteiger partial charge in [-0.2, -0.15) is 10.4 Å². The maximum absolute atomic E-state index is 8.93. The molecule has 6 nitrogen and oxygen atoms in total. The number of hydrogen-bond acceptors (Lipinski definition) is 5. The lowest BCUT2D eigenvalue weighted by molar-refractivity contribution is 0.868. The molecule has 4 aromatic rings. The first-order valence-electron chi connectivity index (χ1n) is 11.9. The smallest absolute Gasteiger partial charge is 0.0991 e. The van der Waals surface area contributed by atoms with Gasteiger partial charge in [-0.05, 0) is 72.9 Å². The summed E-state index contributed by atoms with van der Waals surface area (Å²) in [4.78, 5) is 14.0. The molecule has 2 aromatic carbocycles. The van der Waals surface area contributed by atoms with Gasteiger partial charge in [0.25, 0.3) is 0 Å². The Kier molecular flexibility index (Phi) is 6.38. The minimum absolute atomic E-state index is 0.205. The molecule has 2 aromatic heterocycles. The van der Waals surface area contributed by atoms with Crippen molar-refractivity contribution in [3.8, 4) is 6.07 Å². The third kappa shape index (κ3) is 4.91. The van der Waals surface area contributed by atoms with Gasteiger partial charge in [0.1, 0.15) is 0 Å². The first-order chi connectivity index (χ1) is 17.5. The number of nitrogens with zero attached hydrogens (tertiary/aromatic N) is 5. The van der Waals surface area contributed by atoms with E-state index >= 15 is 0 Å². The zero-order valence-corrected chi connectivity index (χ0v) is 20.4. The fourth-order valence-corrected chi connectivity index (χ4v) is 4.43. The van der Waals surface area contributed by atoms with Crippen LogP contribution in [-0.2, 0) is 12.8 Å². The van der Waals surface area contributed by atoms with Crippen molar-refractivity contribution in [3.63, 3.8) is 0 Å².